The van der Waals surface area contributed by atoms with E-state index in [2.05, 4.69) is 5.32 Å². The lowest BCUT2D eigenvalue weighted by Gasteiger charge is -2.32. The van der Waals surface area contributed by atoms with Crippen LogP contribution in [-0.4, -0.2) is 48.4 Å². The molecule has 0 saturated carbocycles. The van der Waals surface area contributed by atoms with Gasteiger partial charge < -0.3 is 19.9 Å². The maximum absolute atomic E-state index is 12.3. The molecule has 7 heteroatoms. The average molecular weight is 374 g/mol. The quantitative estimate of drug-likeness (QED) is 0.818. The number of halogens is 1. The summed E-state index contributed by atoms with van der Waals surface area (Å²) in [4.78, 5) is 26.3. The van der Waals surface area contributed by atoms with Crippen molar-refractivity contribution in [1.82, 2.24) is 9.80 Å². The molecule has 3 amide bonds. The summed E-state index contributed by atoms with van der Waals surface area (Å²) in [7, 11) is 0. The Labute approximate surface area is 157 Å². The predicted molar refractivity (Wildman–Crippen MR) is 100 cm³/mol. The molecule has 1 fully saturated rings. The molecule has 1 saturated heterocycles. The SMILES string of the molecule is O=CN1CCN(C(=O)Nc2ccc(OCc3ccc(Cl)cc3)cc2)CC1. The van der Waals surface area contributed by atoms with Crippen LogP contribution in [0.2, 0.25) is 5.02 Å². The number of hydrogen-bond acceptors (Lipinski definition) is 3. The molecule has 0 spiro atoms. The molecule has 26 heavy (non-hydrogen) atoms. The molecule has 0 radical (unpaired) electrons. The van der Waals surface area contributed by atoms with Gasteiger partial charge in [-0.1, -0.05) is 23.7 Å². The number of carbonyl (C=O) groups excluding carboxylic acids is 2. The summed E-state index contributed by atoms with van der Waals surface area (Å²) in [5.41, 5.74) is 1.73. The average Bonchev–Trinajstić information content (AvgIpc) is 2.68. The lowest BCUT2D eigenvalue weighted by Crippen LogP contribution is -2.49. The molecule has 1 heterocycles. The van der Waals surface area contributed by atoms with E-state index in [1.807, 2.05) is 36.4 Å². The van der Waals surface area contributed by atoms with Crippen molar-refractivity contribution >= 4 is 29.7 Å². The minimum absolute atomic E-state index is 0.162. The smallest absolute Gasteiger partial charge is 0.321 e. The van der Waals surface area contributed by atoms with Gasteiger partial charge in [-0.2, -0.15) is 0 Å². The zero-order valence-corrected chi connectivity index (χ0v) is 15.0. The van der Waals surface area contributed by atoms with Gasteiger partial charge in [0.05, 0.1) is 0 Å². The number of rotatable bonds is 5. The van der Waals surface area contributed by atoms with Gasteiger partial charge in [0.1, 0.15) is 12.4 Å². The van der Waals surface area contributed by atoms with Crippen LogP contribution in [0.5, 0.6) is 5.75 Å². The minimum Gasteiger partial charge on any atom is -0.489 e. The fraction of sp³-hybridized carbons (Fsp3) is 0.263. The topological polar surface area (TPSA) is 61.9 Å². The Balaban J connectivity index is 1.48. The molecule has 0 aromatic heterocycles. The van der Waals surface area contributed by atoms with E-state index in [0.717, 1.165) is 17.7 Å². The van der Waals surface area contributed by atoms with Gasteiger partial charge in [0.15, 0.2) is 0 Å². The van der Waals surface area contributed by atoms with E-state index in [1.54, 1.807) is 21.9 Å². The summed E-state index contributed by atoms with van der Waals surface area (Å²) >= 11 is 5.86. The van der Waals surface area contributed by atoms with Gasteiger partial charge in [-0.05, 0) is 42.0 Å². The molecule has 0 unspecified atom stereocenters. The Morgan fingerprint density at radius 1 is 1.04 bits per heavy atom. The van der Waals surface area contributed by atoms with Gasteiger partial charge in [0, 0.05) is 36.9 Å². The predicted octanol–water partition coefficient (Wildman–Crippen LogP) is 3.22. The van der Waals surface area contributed by atoms with Crippen LogP contribution >= 0.6 is 11.6 Å². The van der Waals surface area contributed by atoms with Crippen molar-refractivity contribution < 1.29 is 14.3 Å². The highest BCUT2D eigenvalue weighted by Gasteiger charge is 2.19. The maximum Gasteiger partial charge on any atom is 0.321 e. The van der Waals surface area contributed by atoms with Crippen LogP contribution in [0.4, 0.5) is 10.5 Å². The molecule has 1 aliphatic rings. The fourth-order valence-electron chi connectivity index (χ4n) is 2.61. The van der Waals surface area contributed by atoms with Gasteiger partial charge in [0.25, 0.3) is 0 Å². The second-order valence-electron chi connectivity index (χ2n) is 6.00. The largest absolute Gasteiger partial charge is 0.489 e. The first kappa shape index (κ1) is 18.1. The van der Waals surface area contributed by atoms with Crippen LogP contribution in [-0.2, 0) is 11.4 Å². The lowest BCUT2D eigenvalue weighted by molar-refractivity contribution is -0.119. The van der Waals surface area contributed by atoms with E-state index in [1.165, 1.54) is 0 Å². The Morgan fingerprint density at radius 2 is 1.69 bits per heavy atom. The Bertz CT molecular complexity index is 742. The number of carbonyl (C=O) groups is 2. The summed E-state index contributed by atoms with van der Waals surface area (Å²) in [6.07, 6.45) is 0.817. The van der Waals surface area contributed by atoms with Crippen LogP contribution in [0.25, 0.3) is 0 Å². The monoisotopic (exact) mass is 373 g/mol. The van der Waals surface area contributed by atoms with E-state index < -0.39 is 0 Å². The van der Waals surface area contributed by atoms with Crippen molar-refractivity contribution in [2.75, 3.05) is 31.5 Å². The van der Waals surface area contributed by atoms with Crippen molar-refractivity contribution in [3.63, 3.8) is 0 Å². The molecular weight excluding hydrogens is 354 g/mol. The first-order valence-corrected chi connectivity index (χ1v) is 8.74. The fourth-order valence-corrected chi connectivity index (χ4v) is 2.74. The summed E-state index contributed by atoms with van der Waals surface area (Å²) in [6.45, 7) is 2.65. The Kier molecular flexibility index (Phi) is 5.96. The summed E-state index contributed by atoms with van der Waals surface area (Å²) < 4.78 is 5.73. The van der Waals surface area contributed by atoms with Crippen LogP contribution < -0.4 is 10.1 Å². The van der Waals surface area contributed by atoms with Crippen molar-refractivity contribution in [3.05, 3.63) is 59.1 Å². The van der Waals surface area contributed by atoms with Gasteiger partial charge in [-0.25, -0.2) is 4.79 Å². The number of hydrogen-bond donors (Lipinski definition) is 1. The van der Waals surface area contributed by atoms with Gasteiger partial charge >= 0.3 is 6.03 Å². The summed E-state index contributed by atoms with van der Waals surface area (Å²) in [5.74, 6) is 0.720. The zero-order chi connectivity index (χ0) is 18.4. The van der Waals surface area contributed by atoms with Crippen LogP contribution in [0.15, 0.2) is 48.5 Å². The van der Waals surface area contributed by atoms with Crippen LogP contribution in [0.1, 0.15) is 5.56 Å². The highest BCUT2D eigenvalue weighted by Crippen LogP contribution is 2.18. The zero-order valence-electron chi connectivity index (χ0n) is 14.2. The lowest BCUT2D eigenvalue weighted by atomic mass is 10.2. The Morgan fingerprint density at radius 3 is 2.31 bits per heavy atom. The summed E-state index contributed by atoms with van der Waals surface area (Å²) in [5, 5.41) is 3.56. The second-order valence-corrected chi connectivity index (χ2v) is 6.43. The van der Waals surface area contributed by atoms with Gasteiger partial charge in [-0.3, -0.25) is 4.79 Å². The molecule has 0 aliphatic carbocycles. The number of ether oxygens (including phenoxy) is 1. The minimum atomic E-state index is -0.162. The molecule has 0 bridgehead atoms. The van der Waals surface area contributed by atoms with E-state index >= 15 is 0 Å². The molecule has 2 aromatic rings. The normalized spacial score (nSPS) is 14.0. The van der Waals surface area contributed by atoms with Crippen molar-refractivity contribution in [3.8, 4) is 5.75 Å². The van der Waals surface area contributed by atoms with Crippen molar-refractivity contribution in [2.24, 2.45) is 0 Å². The third-order valence-electron chi connectivity index (χ3n) is 4.17. The van der Waals surface area contributed by atoms with Crippen molar-refractivity contribution in [2.45, 2.75) is 6.61 Å². The first-order valence-electron chi connectivity index (χ1n) is 8.36. The molecule has 1 N–H and O–H groups in total. The van der Waals surface area contributed by atoms with Gasteiger partial charge in [-0.15, -0.1) is 0 Å². The number of piperazine rings is 1. The number of urea groups is 1. The molecule has 0 atom stereocenters. The van der Waals surface area contributed by atoms with E-state index in [4.69, 9.17) is 16.3 Å². The van der Waals surface area contributed by atoms with Gasteiger partial charge in [0.2, 0.25) is 6.41 Å². The molecule has 2 aromatic carbocycles. The number of amides is 3. The standard InChI is InChI=1S/C19H20ClN3O3/c20-16-3-1-15(2-4-16)13-26-18-7-5-17(6-8-18)21-19(25)23-11-9-22(14-24)10-12-23/h1-8,14H,9-13H2,(H,21,25). The molecule has 1 aliphatic heterocycles. The Hall–Kier alpha value is -2.73. The number of nitrogens with one attached hydrogen (secondary N) is 1. The summed E-state index contributed by atoms with van der Waals surface area (Å²) in [6, 6.07) is 14.6. The second kappa shape index (κ2) is 8.58. The first-order chi connectivity index (χ1) is 12.6. The van der Waals surface area contributed by atoms with Crippen LogP contribution in [0.3, 0.4) is 0 Å². The van der Waals surface area contributed by atoms with E-state index in [-0.39, 0.29) is 6.03 Å². The molecular formula is C19H20ClN3O3. The van der Waals surface area contributed by atoms with Crippen LogP contribution in [0, 0.1) is 0 Å². The molecule has 6 nitrogen and oxygen atoms in total. The maximum atomic E-state index is 12.3. The van der Waals surface area contributed by atoms with E-state index in [9.17, 15) is 9.59 Å². The van der Waals surface area contributed by atoms with Crippen molar-refractivity contribution in [1.29, 1.82) is 0 Å². The third-order valence-corrected chi connectivity index (χ3v) is 4.43. The number of benzene rings is 2. The highest BCUT2D eigenvalue weighted by atomic mass is 35.5. The third kappa shape index (κ3) is 4.89. The number of nitrogens with zero attached hydrogens (tertiary/aromatic N) is 2. The highest BCUT2D eigenvalue weighted by molar-refractivity contribution is 6.30. The van der Waals surface area contributed by atoms with E-state index in [0.29, 0.717) is 43.5 Å². The number of anilines is 1. The molecule has 136 valence electrons. The molecule has 3 rings (SSSR count).